The molecule has 0 aliphatic heterocycles. The number of nitro groups is 1. The molecular formula is C24H18ClN3O4S. The van der Waals surface area contributed by atoms with Gasteiger partial charge in [0.25, 0.3) is 5.69 Å². The van der Waals surface area contributed by atoms with Gasteiger partial charge in [-0.05, 0) is 50.2 Å². The number of esters is 1. The van der Waals surface area contributed by atoms with E-state index in [4.69, 9.17) is 16.3 Å². The highest BCUT2D eigenvalue weighted by molar-refractivity contribution is 7.99. The molecule has 1 heterocycles. The van der Waals surface area contributed by atoms with Crippen molar-refractivity contribution in [2.24, 2.45) is 0 Å². The normalized spacial score (nSPS) is 10.8. The van der Waals surface area contributed by atoms with Gasteiger partial charge in [0, 0.05) is 16.0 Å². The standard InChI is InChI=1S/C24H18ClN3O4S/c1-15-8-11-19(12-9-15)33-22-16(2)26-27(18-6-4-3-5-7-18)23(22)32-24(29)20-14-17(25)10-13-21(20)28(30)31/h3-14H,1-2H3. The Kier molecular flexibility index (Phi) is 6.48. The number of nitrogens with zero attached hydrogens (tertiary/aromatic N) is 3. The van der Waals surface area contributed by atoms with Gasteiger partial charge >= 0.3 is 5.97 Å². The maximum Gasteiger partial charge on any atom is 0.351 e. The summed E-state index contributed by atoms with van der Waals surface area (Å²) in [5.41, 5.74) is 1.82. The minimum Gasteiger partial charge on any atom is -0.402 e. The molecular weight excluding hydrogens is 462 g/mol. The Balaban J connectivity index is 1.80. The molecule has 0 atom stereocenters. The first-order valence-electron chi connectivity index (χ1n) is 9.89. The molecule has 0 spiro atoms. The summed E-state index contributed by atoms with van der Waals surface area (Å²) in [6.07, 6.45) is 0. The zero-order chi connectivity index (χ0) is 23.5. The van der Waals surface area contributed by atoms with Crippen LogP contribution >= 0.6 is 23.4 Å². The van der Waals surface area contributed by atoms with Crippen molar-refractivity contribution >= 4 is 35.0 Å². The summed E-state index contributed by atoms with van der Waals surface area (Å²) in [5.74, 6) is -0.726. The molecule has 4 aromatic rings. The molecule has 0 amide bonds. The van der Waals surface area contributed by atoms with Crippen LogP contribution in [0.1, 0.15) is 21.6 Å². The van der Waals surface area contributed by atoms with E-state index in [0.717, 1.165) is 10.5 Å². The third kappa shape index (κ3) is 4.92. The van der Waals surface area contributed by atoms with E-state index < -0.39 is 10.9 Å². The van der Waals surface area contributed by atoms with Crippen LogP contribution in [0.2, 0.25) is 5.02 Å². The topological polar surface area (TPSA) is 87.3 Å². The number of nitro benzene ring substituents is 1. The van der Waals surface area contributed by atoms with E-state index in [2.05, 4.69) is 5.10 Å². The SMILES string of the molecule is Cc1ccc(Sc2c(C)nn(-c3ccccc3)c2OC(=O)c2cc(Cl)ccc2[N+](=O)[O-])cc1. The van der Waals surface area contributed by atoms with E-state index in [9.17, 15) is 14.9 Å². The van der Waals surface area contributed by atoms with Crippen LogP contribution < -0.4 is 4.74 Å². The highest BCUT2D eigenvalue weighted by atomic mass is 35.5. The van der Waals surface area contributed by atoms with Crippen LogP contribution in [0.3, 0.4) is 0 Å². The summed E-state index contributed by atoms with van der Waals surface area (Å²) in [5, 5.41) is 16.2. The fraction of sp³-hybridized carbons (Fsp3) is 0.0833. The molecule has 166 valence electrons. The van der Waals surface area contributed by atoms with Crippen LogP contribution in [0.4, 0.5) is 5.69 Å². The number of hydrogen-bond acceptors (Lipinski definition) is 6. The van der Waals surface area contributed by atoms with Crippen molar-refractivity contribution in [1.29, 1.82) is 0 Å². The lowest BCUT2D eigenvalue weighted by molar-refractivity contribution is -0.385. The largest absolute Gasteiger partial charge is 0.402 e. The number of rotatable bonds is 6. The molecule has 33 heavy (non-hydrogen) atoms. The molecule has 4 rings (SSSR count). The Morgan fingerprint density at radius 2 is 1.76 bits per heavy atom. The molecule has 0 unspecified atom stereocenters. The van der Waals surface area contributed by atoms with Gasteiger partial charge in [-0.15, -0.1) is 0 Å². The summed E-state index contributed by atoms with van der Waals surface area (Å²) in [7, 11) is 0. The lowest BCUT2D eigenvalue weighted by Gasteiger charge is -2.11. The van der Waals surface area contributed by atoms with Gasteiger partial charge in [-0.3, -0.25) is 10.1 Å². The molecule has 3 aromatic carbocycles. The van der Waals surface area contributed by atoms with E-state index in [1.54, 1.807) is 0 Å². The molecule has 0 saturated carbocycles. The molecule has 7 nitrogen and oxygen atoms in total. The number of aryl methyl sites for hydroxylation is 2. The number of benzene rings is 3. The number of aromatic nitrogens is 2. The van der Waals surface area contributed by atoms with Crippen molar-refractivity contribution in [3.8, 4) is 11.6 Å². The minimum absolute atomic E-state index is 0.170. The summed E-state index contributed by atoms with van der Waals surface area (Å²) in [6.45, 7) is 3.81. The van der Waals surface area contributed by atoms with Crippen molar-refractivity contribution in [3.05, 3.63) is 105 Å². The molecule has 0 saturated heterocycles. The van der Waals surface area contributed by atoms with Crippen LogP contribution in [0.5, 0.6) is 5.88 Å². The van der Waals surface area contributed by atoms with E-state index in [1.807, 2.05) is 68.4 Å². The number of carbonyl (C=O) groups is 1. The molecule has 1 aromatic heterocycles. The fourth-order valence-electron chi connectivity index (χ4n) is 3.14. The second-order valence-electron chi connectivity index (χ2n) is 7.19. The smallest absolute Gasteiger partial charge is 0.351 e. The average Bonchev–Trinajstić information content (AvgIpc) is 3.10. The Bertz CT molecular complexity index is 1340. The molecule has 0 N–H and O–H groups in total. The third-order valence-electron chi connectivity index (χ3n) is 4.77. The van der Waals surface area contributed by atoms with E-state index in [0.29, 0.717) is 16.3 Å². The quantitative estimate of drug-likeness (QED) is 0.180. The van der Waals surface area contributed by atoms with E-state index in [-0.39, 0.29) is 22.2 Å². The summed E-state index contributed by atoms with van der Waals surface area (Å²) < 4.78 is 7.27. The Hall–Kier alpha value is -3.62. The van der Waals surface area contributed by atoms with Crippen molar-refractivity contribution in [3.63, 3.8) is 0 Å². The Labute approximate surface area is 199 Å². The highest BCUT2D eigenvalue weighted by Gasteiger charge is 2.27. The van der Waals surface area contributed by atoms with Crippen LogP contribution in [0.15, 0.2) is 82.6 Å². The van der Waals surface area contributed by atoms with Gasteiger partial charge in [-0.1, -0.05) is 59.3 Å². The maximum absolute atomic E-state index is 13.1. The van der Waals surface area contributed by atoms with Crippen LogP contribution in [-0.2, 0) is 0 Å². The van der Waals surface area contributed by atoms with Gasteiger partial charge in [0.1, 0.15) is 5.56 Å². The number of hydrogen-bond donors (Lipinski definition) is 0. The first kappa shape index (κ1) is 22.6. The van der Waals surface area contributed by atoms with Gasteiger partial charge < -0.3 is 4.74 Å². The number of ether oxygens (including phenoxy) is 1. The number of halogens is 1. The molecule has 0 bridgehead atoms. The second kappa shape index (κ2) is 9.48. The fourth-order valence-corrected chi connectivity index (χ4v) is 4.22. The highest BCUT2D eigenvalue weighted by Crippen LogP contribution is 2.39. The molecule has 9 heteroatoms. The van der Waals surface area contributed by atoms with E-state index >= 15 is 0 Å². The summed E-state index contributed by atoms with van der Waals surface area (Å²) >= 11 is 7.39. The monoisotopic (exact) mass is 479 g/mol. The lowest BCUT2D eigenvalue weighted by atomic mass is 10.2. The van der Waals surface area contributed by atoms with Crippen molar-refractivity contribution in [2.45, 2.75) is 23.6 Å². The van der Waals surface area contributed by atoms with Crippen LogP contribution in [-0.4, -0.2) is 20.7 Å². The summed E-state index contributed by atoms with van der Waals surface area (Å²) in [6, 6.07) is 20.9. The lowest BCUT2D eigenvalue weighted by Crippen LogP contribution is -2.14. The number of carbonyl (C=O) groups excluding carboxylic acids is 1. The zero-order valence-electron chi connectivity index (χ0n) is 17.7. The van der Waals surface area contributed by atoms with Crippen LogP contribution in [0, 0.1) is 24.0 Å². The minimum atomic E-state index is -0.896. The molecule has 0 aliphatic rings. The van der Waals surface area contributed by atoms with Gasteiger partial charge in [0.2, 0.25) is 5.88 Å². The van der Waals surface area contributed by atoms with Crippen molar-refractivity contribution in [2.75, 3.05) is 0 Å². The Morgan fingerprint density at radius 3 is 2.42 bits per heavy atom. The van der Waals surface area contributed by atoms with E-state index in [1.165, 1.54) is 34.6 Å². The second-order valence-corrected chi connectivity index (χ2v) is 8.71. The van der Waals surface area contributed by atoms with Crippen molar-refractivity contribution < 1.29 is 14.5 Å². The molecule has 0 aliphatic carbocycles. The predicted octanol–water partition coefficient (Wildman–Crippen LogP) is 6.42. The number of para-hydroxylation sites is 1. The third-order valence-corrected chi connectivity index (χ3v) is 6.19. The maximum atomic E-state index is 13.1. The van der Waals surface area contributed by atoms with Crippen molar-refractivity contribution in [1.82, 2.24) is 9.78 Å². The van der Waals surface area contributed by atoms with Gasteiger partial charge in [-0.2, -0.15) is 9.78 Å². The van der Waals surface area contributed by atoms with Gasteiger partial charge in [0.05, 0.1) is 21.2 Å². The van der Waals surface area contributed by atoms with Crippen LogP contribution in [0.25, 0.3) is 5.69 Å². The molecule has 0 radical (unpaired) electrons. The molecule has 0 fully saturated rings. The van der Waals surface area contributed by atoms with Gasteiger partial charge in [-0.25, -0.2) is 4.79 Å². The Morgan fingerprint density at radius 1 is 1.06 bits per heavy atom. The van der Waals surface area contributed by atoms with Gasteiger partial charge in [0.15, 0.2) is 0 Å². The first-order valence-corrected chi connectivity index (χ1v) is 11.1. The summed E-state index contributed by atoms with van der Waals surface area (Å²) in [4.78, 5) is 25.5. The first-order chi connectivity index (χ1) is 15.8. The average molecular weight is 480 g/mol. The predicted molar refractivity (Wildman–Crippen MR) is 127 cm³/mol. The zero-order valence-corrected chi connectivity index (χ0v) is 19.3.